The van der Waals surface area contributed by atoms with Crippen LogP contribution < -0.4 is 5.32 Å². The molecule has 0 aliphatic carbocycles. The first-order chi connectivity index (χ1) is 8.89. The molecule has 106 valence electrons. The van der Waals surface area contributed by atoms with Gasteiger partial charge in [-0.25, -0.2) is 4.98 Å². The van der Waals surface area contributed by atoms with Gasteiger partial charge in [-0.05, 0) is 39.8 Å². The lowest BCUT2D eigenvalue weighted by molar-refractivity contribution is 0.0315. The van der Waals surface area contributed by atoms with Crippen molar-refractivity contribution in [1.29, 1.82) is 0 Å². The van der Waals surface area contributed by atoms with Crippen LogP contribution in [0.2, 0.25) is 0 Å². The third-order valence-electron chi connectivity index (χ3n) is 2.63. The molecule has 2 N–H and O–H groups in total. The van der Waals surface area contributed by atoms with E-state index < -0.39 is 5.60 Å². The number of anilines is 1. The molecule has 0 saturated carbocycles. The van der Waals surface area contributed by atoms with Crippen molar-refractivity contribution in [3.8, 4) is 0 Å². The molecule has 1 aromatic heterocycles. The van der Waals surface area contributed by atoms with E-state index >= 15 is 0 Å². The number of pyridine rings is 1. The lowest BCUT2D eigenvalue weighted by Gasteiger charge is -2.28. The Morgan fingerprint density at radius 1 is 1.47 bits per heavy atom. The minimum absolute atomic E-state index is 0.117. The summed E-state index contributed by atoms with van der Waals surface area (Å²) in [5.41, 5.74) is -0.373. The van der Waals surface area contributed by atoms with Gasteiger partial charge in [0.15, 0.2) is 0 Å². The SMILES string of the molecule is CCNc1ncccc1C(=O)N(CC)CC(C)(C)O. The number of carbonyl (C=O) groups is 1. The Balaban J connectivity index is 2.97. The van der Waals surface area contributed by atoms with Crippen molar-refractivity contribution >= 4 is 11.7 Å². The van der Waals surface area contributed by atoms with E-state index in [2.05, 4.69) is 10.3 Å². The maximum atomic E-state index is 12.5. The largest absolute Gasteiger partial charge is 0.389 e. The maximum Gasteiger partial charge on any atom is 0.257 e. The molecule has 1 aromatic rings. The van der Waals surface area contributed by atoms with Crippen LogP contribution in [0.1, 0.15) is 38.1 Å². The Morgan fingerprint density at radius 2 is 2.16 bits per heavy atom. The van der Waals surface area contributed by atoms with Crippen LogP contribution in [0.15, 0.2) is 18.3 Å². The van der Waals surface area contributed by atoms with E-state index in [0.29, 0.717) is 31.0 Å². The Labute approximate surface area is 114 Å². The normalized spacial score (nSPS) is 11.2. The first kappa shape index (κ1) is 15.4. The summed E-state index contributed by atoms with van der Waals surface area (Å²) < 4.78 is 0. The van der Waals surface area contributed by atoms with Crippen LogP contribution >= 0.6 is 0 Å². The quantitative estimate of drug-likeness (QED) is 0.822. The minimum Gasteiger partial charge on any atom is -0.389 e. The van der Waals surface area contributed by atoms with Gasteiger partial charge in [-0.2, -0.15) is 0 Å². The molecule has 0 aliphatic heterocycles. The van der Waals surface area contributed by atoms with Crippen LogP contribution in [0.4, 0.5) is 5.82 Å². The van der Waals surface area contributed by atoms with Gasteiger partial charge in [-0.3, -0.25) is 4.79 Å². The fourth-order valence-corrected chi connectivity index (χ4v) is 1.85. The first-order valence-electron chi connectivity index (χ1n) is 6.59. The van der Waals surface area contributed by atoms with E-state index in [1.165, 1.54) is 0 Å². The summed E-state index contributed by atoms with van der Waals surface area (Å²) in [6.45, 7) is 8.78. The molecule has 0 unspecified atom stereocenters. The highest BCUT2D eigenvalue weighted by atomic mass is 16.3. The average Bonchev–Trinajstić information content (AvgIpc) is 2.35. The second kappa shape index (κ2) is 6.52. The van der Waals surface area contributed by atoms with E-state index in [-0.39, 0.29) is 5.91 Å². The van der Waals surface area contributed by atoms with Crippen molar-refractivity contribution < 1.29 is 9.90 Å². The van der Waals surface area contributed by atoms with Crippen LogP contribution in [-0.4, -0.2) is 46.1 Å². The third kappa shape index (κ3) is 4.52. The van der Waals surface area contributed by atoms with Gasteiger partial charge in [0.2, 0.25) is 0 Å². The Kier molecular flexibility index (Phi) is 5.30. The fraction of sp³-hybridized carbons (Fsp3) is 0.571. The molecule has 5 heteroatoms. The second-order valence-corrected chi connectivity index (χ2v) is 5.06. The molecule has 5 nitrogen and oxygen atoms in total. The molecule has 1 amide bonds. The predicted molar refractivity (Wildman–Crippen MR) is 76.3 cm³/mol. The van der Waals surface area contributed by atoms with Crippen LogP contribution in [0.3, 0.4) is 0 Å². The van der Waals surface area contributed by atoms with Gasteiger partial charge in [0, 0.05) is 25.8 Å². The number of aliphatic hydroxyl groups is 1. The standard InChI is InChI=1S/C14H23N3O2/c1-5-15-12-11(8-7-9-16-12)13(18)17(6-2)10-14(3,4)19/h7-9,19H,5-6,10H2,1-4H3,(H,15,16). The van der Waals surface area contributed by atoms with Crippen LogP contribution in [0.25, 0.3) is 0 Å². The zero-order valence-electron chi connectivity index (χ0n) is 12.1. The van der Waals surface area contributed by atoms with Gasteiger partial charge in [0.1, 0.15) is 5.82 Å². The molecule has 0 spiro atoms. The molecular formula is C14H23N3O2. The minimum atomic E-state index is -0.910. The van der Waals surface area contributed by atoms with Gasteiger partial charge in [0.05, 0.1) is 11.2 Å². The van der Waals surface area contributed by atoms with Gasteiger partial charge in [-0.1, -0.05) is 0 Å². The molecule has 0 atom stereocenters. The summed E-state index contributed by atoms with van der Waals surface area (Å²) in [5, 5.41) is 12.9. The first-order valence-corrected chi connectivity index (χ1v) is 6.59. The molecule has 1 rings (SSSR count). The number of carbonyl (C=O) groups excluding carboxylic acids is 1. The number of amides is 1. The summed E-state index contributed by atoms with van der Waals surface area (Å²) >= 11 is 0. The van der Waals surface area contributed by atoms with E-state index in [4.69, 9.17) is 0 Å². The van der Waals surface area contributed by atoms with Crippen molar-refractivity contribution in [2.45, 2.75) is 33.3 Å². The van der Waals surface area contributed by atoms with Crippen molar-refractivity contribution in [3.63, 3.8) is 0 Å². The molecule has 0 saturated heterocycles. The fourth-order valence-electron chi connectivity index (χ4n) is 1.85. The van der Waals surface area contributed by atoms with E-state index in [1.807, 2.05) is 13.8 Å². The number of hydrogen-bond donors (Lipinski definition) is 2. The molecule has 0 fully saturated rings. The zero-order valence-corrected chi connectivity index (χ0v) is 12.1. The zero-order chi connectivity index (χ0) is 14.5. The molecule has 1 heterocycles. The number of hydrogen-bond acceptors (Lipinski definition) is 4. The highest BCUT2D eigenvalue weighted by Crippen LogP contribution is 2.16. The summed E-state index contributed by atoms with van der Waals surface area (Å²) in [5.74, 6) is 0.470. The molecule has 0 bridgehead atoms. The van der Waals surface area contributed by atoms with Crippen molar-refractivity contribution in [1.82, 2.24) is 9.88 Å². The number of rotatable bonds is 6. The molecule has 0 aromatic carbocycles. The summed E-state index contributed by atoms with van der Waals surface area (Å²) in [4.78, 5) is 18.3. The molecule has 0 radical (unpaired) electrons. The summed E-state index contributed by atoms with van der Waals surface area (Å²) in [6.07, 6.45) is 1.65. The second-order valence-electron chi connectivity index (χ2n) is 5.06. The Bertz CT molecular complexity index is 427. The van der Waals surface area contributed by atoms with Crippen LogP contribution in [0, 0.1) is 0 Å². The average molecular weight is 265 g/mol. The summed E-state index contributed by atoms with van der Waals surface area (Å²) in [6, 6.07) is 3.49. The van der Waals surface area contributed by atoms with Gasteiger partial charge in [0.25, 0.3) is 5.91 Å². The van der Waals surface area contributed by atoms with Crippen molar-refractivity contribution in [2.24, 2.45) is 0 Å². The molecule has 0 aliphatic rings. The maximum absolute atomic E-state index is 12.5. The highest BCUT2D eigenvalue weighted by Gasteiger charge is 2.24. The third-order valence-corrected chi connectivity index (χ3v) is 2.63. The van der Waals surface area contributed by atoms with Gasteiger partial charge < -0.3 is 15.3 Å². The number of likely N-dealkylation sites (N-methyl/N-ethyl adjacent to an activating group) is 1. The van der Waals surface area contributed by atoms with E-state index in [0.717, 1.165) is 0 Å². The number of nitrogens with one attached hydrogen (secondary N) is 1. The number of aromatic nitrogens is 1. The van der Waals surface area contributed by atoms with Crippen molar-refractivity contribution in [3.05, 3.63) is 23.9 Å². The van der Waals surface area contributed by atoms with Gasteiger partial charge >= 0.3 is 0 Å². The highest BCUT2D eigenvalue weighted by molar-refractivity contribution is 5.98. The topological polar surface area (TPSA) is 65.5 Å². The van der Waals surface area contributed by atoms with Crippen molar-refractivity contribution in [2.75, 3.05) is 25.0 Å². The Morgan fingerprint density at radius 3 is 2.68 bits per heavy atom. The predicted octanol–water partition coefficient (Wildman–Crippen LogP) is 1.75. The van der Waals surface area contributed by atoms with E-state index in [1.54, 1.807) is 37.1 Å². The van der Waals surface area contributed by atoms with Gasteiger partial charge in [-0.15, -0.1) is 0 Å². The van der Waals surface area contributed by atoms with E-state index in [9.17, 15) is 9.90 Å². The lowest BCUT2D eigenvalue weighted by Crippen LogP contribution is -2.42. The number of nitrogens with zero attached hydrogens (tertiary/aromatic N) is 2. The molecular weight excluding hydrogens is 242 g/mol. The molecule has 19 heavy (non-hydrogen) atoms. The lowest BCUT2D eigenvalue weighted by atomic mass is 10.1. The monoisotopic (exact) mass is 265 g/mol. The summed E-state index contributed by atoms with van der Waals surface area (Å²) in [7, 11) is 0. The Hall–Kier alpha value is -1.62. The van der Waals surface area contributed by atoms with Crippen LogP contribution in [0.5, 0.6) is 0 Å². The smallest absolute Gasteiger partial charge is 0.257 e. The van der Waals surface area contributed by atoms with Crippen LogP contribution in [-0.2, 0) is 0 Å².